The molecular formula is C18H23NO. The van der Waals surface area contributed by atoms with Crippen molar-refractivity contribution < 1.29 is 4.74 Å². The molecular weight excluding hydrogens is 246 g/mol. The first-order valence-electron chi connectivity index (χ1n) is 7.21. The van der Waals surface area contributed by atoms with Crippen molar-refractivity contribution in [2.24, 2.45) is 0 Å². The third kappa shape index (κ3) is 4.71. The zero-order valence-electron chi connectivity index (χ0n) is 12.3. The molecule has 1 unspecified atom stereocenters. The van der Waals surface area contributed by atoms with Gasteiger partial charge in [-0.1, -0.05) is 42.5 Å². The van der Waals surface area contributed by atoms with Crippen LogP contribution in [0.4, 0.5) is 0 Å². The molecule has 2 heteroatoms. The first kappa shape index (κ1) is 14.6. The molecule has 2 aromatic carbocycles. The van der Waals surface area contributed by atoms with E-state index >= 15 is 0 Å². The van der Waals surface area contributed by atoms with Gasteiger partial charge in [-0.05, 0) is 50.1 Å². The summed E-state index contributed by atoms with van der Waals surface area (Å²) in [6.07, 6.45) is 2.25. The zero-order chi connectivity index (χ0) is 14.2. The molecule has 20 heavy (non-hydrogen) atoms. The highest BCUT2D eigenvalue weighted by molar-refractivity contribution is 5.28. The van der Waals surface area contributed by atoms with E-state index in [0.717, 1.165) is 18.6 Å². The number of aryl methyl sites for hydroxylation is 1. The topological polar surface area (TPSA) is 21.3 Å². The second-order valence-corrected chi connectivity index (χ2v) is 5.15. The summed E-state index contributed by atoms with van der Waals surface area (Å²) in [5.41, 5.74) is 2.55. The van der Waals surface area contributed by atoms with Crippen LogP contribution in [-0.2, 0) is 13.0 Å². The molecule has 0 radical (unpaired) electrons. The maximum atomic E-state index is 5.78. The second kappa shape index (κ2) is 7.71. The number of rotatable bonds is 7. The van der Waals surface area contributed by atoms with E-state index in [4.69, 9.17) is 4.74 Å². The summed E-state index contributed by atoms with van der Waals surface area (Å²) in [6.45, 7) is 2.83. The van der Waals surface area contributed by atoms with Gasteiger partial charge in [-0.15, -0.1) is 0 Å². The van der Waals surface area contributed by atoms with Crippen LogP contribution in [0.15, 0.2) is 54.6 Å². The van der Waals surface area contributed by atoms with Crippen molar-refractivity contribution in [1.82, 2.24) is 5.32 Å². The maximum absolute atomic E-state index is 5.78. The summed E-state index contributed by atoms with van der Waals surface area (Å²) >= 11 is 0. The molecule has 106 valence electrons. The van der Waals surface area contributed by atoms with Gasteiger partial charge in [0.15, 0.2) is 0 Å². The van der Waals surface area contributed by atoms with Gasteiger partial charge >= 0.3 is 0 Å². The highest BCUT2D eigenvalue weighted by Crippen LogP contribution is 2.15. The average molecular weight is 269 g/mol. The van der Waals surface area contributed by atoms with E-state index in [1.165, 1.54) is 11.1 Å². The van der Waals surface area contributed by atoms with Gasteiger partial charge in [0.2, 0.25) is 0 Å². The van der Waals surface area contributed by atoms with E-state index in [1.807, 2.05) is 25.2 Å². The molecule has 0 spiro atoms. The monoisotopic (exact) mass is 269 g/mol. The van der Waals surface area contributed by atoms with E-state index in [2.05, 4.69) is 48.6 Å². The second-order valence-electron chi connectivity index (χ2n) is 5.15. The van der Waals surface area contributed by atoms with Crippen molar-refractivity contribution in [3.8, 4) is 5.75 Å². The van der Waals surface area contributed by atoms with E-state index in [0.29, 0.717) is 12.6 Å². The molecule has 1 atom stereocenters. The molecule has 0 aliphatic heterocycles. The molecule has 2 rings (SSSR count). The van der Waals surface area contributed by atoms with E-state index < -0.39 is 0 Å². The van der Waals surface area contributed by atoms with Crippen molar-refractivity contribution in [3.05, 3.63) is 65.7 Å². The Hall–Kier alpha value is -1.80. The summed E-state index contributed by atoms with van der Waals surface area (Å²) in [6, 6.07) is 19.2. The Bertz CT molecular complexity index is 493. The average Bonchev–Trinajstić information content (AvgIpc) is 2.52. The molecule has 0 aliphatic rings. The molecule has 0 aliphatic carbocycles. The summed E-state index contributed by atoms with van der Waals surface area (Å²) in [4.78, 5) is 0. The minimum Gasteiger partial charge on any atom is -0.489 e. The van der Waals surface area contributed by atoms with Crippen molar-refractivity contribution in [3.63, 3.8) is 0 Å². The van der Waals surface area contributed by atoms with Gasteiger partial charge < -0.3 is 10.1 Å². The molecule has 0 bridgehead atoms. The fourth-order valence-corrected chi connectivity index (χ4v) is 2.02. The van der Waals surface area contributed by atoms with Crippen LogP contribution in [0.2, 0.25) is 0 Å². The Labute approximate surface area is 121 Å². The molecule has 0 heterocycles. The van der Waals surface area contributed by atoms with Crippen LogP contribution in [0.3, 0.4) is 0 Å². The number of hydrogen-bond donors (Lipinski definition) is 1. The molecule has 0 aromatic heterocycles. The molecule has 0 saturated heterocycles. The Kier molecular flexibility index (Phi) is 5.63. The van der Waals surface area contributed by atoms with Gasteiger partial charge in [-0.2, -0.15) is 0 Å². The van der Waals surface area contributed by atoms with Crippen LogP contribution in [0.1, 0.15) is 24.5 Å². The third-order valence-corrected chi connectivity index (χ3v) is 3.53. The van der Waals surface area contributed by atoms with Crippen LogP contribution >= 0.6 is 0 Å². The number of hydrogen-bond acceptors (Lipinski definition) is 2. The van der Waals surface area contributed by atoms with E-state index in [-0.39, 0.29) is 0 Å². The van der Waals surface area contributed by atoms with Crippen LogP contribution in [0.5, 0.6) is 5.75 Å². The molecule has 1 N–H and O–H groups in total. The van der Waals surface area contributed by atoms with Crippen molar-refractivity contribution >= 4 is 0 Å². The minimum absolute atomic E-state index is 0.559. The maximum Gasteiger partial charge on any atom is 0.119 e. The Morgan fingerprint density at radius 1 is 0.950 bits per heavy atom. The molecule has 2 nitrogen and oxygen atoms in total. The van der Waals surface area contributed by atoms with Gasteiger partial charge in [0, 0.05) is 6.04 Å². The predicted molar refractivity (Wildman–Crippen MR) is 84.1 cm³/mol. The van der Waals surface area contributed by atoms with Gasteiger partial charge in [0.05, 0.1) is 0 Å². The van der Waals surface area contributed by atoms with Gasteiger partial charge in [0.25, 0.3) is 0 Å². The zero-order valence-corrected chi connectivity index (χ0v) is 12.3. The summed E-state index contributed by atoms with van der Waals surface area (Å²) < 4.78 is 5.78. The molecule has 0 amide bonds. The first-order valence-corrected chi connectivity index (χ1v) is 7.21. The molecule has 0 saturated carbocycles. The lowest BCUT2D eigenvalue weighted by molar-refractivity contribution is 0.306. The van der Waals surface area contributed by atoms with Gasteiger partial charge in [-0.3, -0.25) is 0 Å². The lowest BCUT2D eigenvalue weighted by Crippen LogP contribution is -2.21. The quantitative estimate of drug-likeness (QED) is 0.825. The Morgan fingerprint density at radius 2 is 1.65 bits per heavy atom. The summed E-state index contributed by atoms with van der Waals surface area (Å²) in [7, 11) is 2.01. The Morgan fingerprint density at radius 3 is 2.30 bits per heavy atom. The largest absolute Gasteiger partial charge is 0.489 e. The number of benzene rings is 2. The SMILES string of the molecule is CNC(C)CCc1ccc(OCc2ccccc2)cc1. The lowest BCUT2D eigenvalue weighted by atomic mass is 10.1. The first-order chi connectivity index (χ1) is 9.78. The molecule has 2 aromatic rings. The fourth-order valence-electron chi connectivity index (χ4n) is 2.02. The normalized spacial score (nSPS) is 12.1. The smallest absolute Gasteiger partial charge is 0.119 e. The number of ether oxygens (including phenoxy) is 1. The summed E-state index contributed by atoms with van der Waals surface area (Å²) in [5.74, 6) is 0.930. The minimum atomic E-state index is 0.559. The van der Waals surface area contributed by atoms with Crippen molar-refractivity contribution in [2.45, 2.75) is 32.4 Å². The van der Waals surface area contributed by atoms with Crippen LogP contribution in [0.25, 0.3) is 0 Å². The fraction of sp³-hybridized carbons (Fsp3) is 0.333. The van der Waals surface area contributed by atoms with Crippen molar-refractivity contribution in [2.75, 3.05) is 7.05 Å². The summed E-state index contributed by atoms with van der Waals surface area (Å²) in [5, 5.41) is 3.26. The van der Waals surface area contributed by atoms with Crippen molar-refractivity contribution in [1.29, 1.82) is 0 Å². The standard InChI is InChI=1S/C18H23NO/c1-15(19-2)8-9-16-10-12-18(13-11-16)20-14-17-6-4-3-5-7-17/h3-7,10-13,15,19H,8-9,14H2,1-2H3. The highest BCUT2D eigenvalue weighted by Gasteiger charge is 2.00. The number of nitrogens with one attached hydrogen (secondary N) is 1. The Balaban J connectivity index is 1.82. The highest BCUT2D eigenvalue weighted by atomic mass is 16.5. The third-order valence-electron chi connectivity index (χ3n) is 3.53. The van der Waals surface area contributed by atoms with E-state index in [9.17, 15) is 0 Å². The lowest BCUT2D eigenvalue weighted by Gasteiger charge is -2.10. The van der Waals surface area contributed by atoms with Crippen LogP contribution in [-0.4, -0.2) is 13.1 Å². The van der Waals surface area contributed by atoms with Gasteiger partial charge in [0.1, 0.15) is 12.4 Å². The molecule has 0 fully saturated rings. The predicted octanol–water partition coefficient (Wildman–Crippen LogP) is 3.81. The van der Waals surface area contributed by atoms with Gasteiger partial charge in [-0.25, -0.2) is 0 Å². The van der Waals surface area contributed by atoms with Crippen LogP contribution in [0, 0.1) is 0 Å². The van der Waals surface area contributed by atoms with Crippen LogP contribution < -0.4 is 10.1 Å². The van der Waals surface area contributed by atoms with E-state index in [1.54, 1.807) is 0 Å².